The quantitative estimate of drug-likeness (QED) is 0.646. The topological polar surface area (TPSA) is 78.1 Å². The van der Waals surface area contributed by atoms with E-state index >= 15 is 0 Å². The van der Waals surface area contributed by atoms with E-state index in [0.29, 0.717) is 28.9 Å². The van der Waals surface area contributed by atoms with Gasteiger partial charge in [0.2, 0.25) is 0 Å². The number of nitrogens with zero attached hydrogens (tertiary/aromatic N) is 2. The molecule has 18 heavy (non-hydrogen) atoms. The molecule has 0 saturated heterocycles. The van der Waals surface area contributed by atoms with Gasteiger partial charge < -0.3 is 10.5 Å². The van der Waals surface area contributed by atoms with Crippen molar-refractivity contribution in [3.8, 4) is 0 Å². The van der Waals surface area contributed by atoms with Gasteiger partial charge in [0, 0.05) is 5.69 Å². The third-order valence-electron chi connectivity index (χ3n) is 2.74. The molecule has 0 atom stereocenters. The molecule has 5 nitrogen and oxygen atoms in total. The Kier molecular flexibility index (Phi) is 3.14. The van der Waals surface area contributed by atoms with Gasteiger partial charge >= 0.3 is 5.97 Å². The summed E-state index contributed by atoms with van der Waals surface area (Å²) < 4.78 is 4.94. The summed E-state index contributed by atoms with van der Waals surface area (Å²) in [5.74, 6) is -0.433. The van der Waals surface area contributed by atoms with Gasteiger partial charge in [-0.3, -0.25) is 0 Å². The molecule has 0 amide bonds. The van der Waals surface area contributed by atoms with Crippen LogP contribution in [0.1, 0.15) is 28.7 Å². The summed E-state index contributed by atoms with van der Waals surface area (Å²) in [4.78, 5) is 20.5. The first kappa shape index (κ1) is 12.3. The van der Waals surface area contributed by atoms with E-state index in [0.717, 1.165) is 11.4 Å². The van der Waals surface area contributed by atoms with Gasteiger partial charge in [0.15, 0.2) is 0 Å². The Bertz CT molecular complexity index is 623. The highest BCUT2D eigenvalue weighted by molar-refractivity contribution is 5.99. The summed E-state index contributed by atoms with van der Waals surface area (Å²) in [7, 11) is 0. The van der Waals surface area contributed by atoms with Crippen molar-refractivity contribution in [3.05, 3.63) is 29.1 Å². The lowest BCUT2D eigenvalue weighted by Crippen LogP contribution is -2.08. The van der Waals surface area contributed by atoms with Crippen LogP contribution < -0.4 is 5.73 Å². The van der Waals surface area contributed by atoms with Crippen LogP contribution in [0, 0.1) is 13.8 Å². The average molecular weight is 245 g/mol. The molecule has 0 fully saturated rings. The third-order valence-corrected chi connectivity index (χ3v) is 2.74. The first-order valence-corrected chi connectivity index (χ1v) is 5.74. The minimum atomic E-state index is -0.433. The number of anilines is 1. The zero-order chi connectivity index (χ0) is 13.3. The van der Waals surface area contributed by atoms with E-state index in [-0.39, 0.29) is 0 Å². The summed E-state index contributed by atoms with van der Waals surface area (Å²) in [5.41, 5.74) is 9.55. The molecule has 1 heterocycles. The monoisotopic (exact) mass is 245 g/mol. The maximum Gasteiger partial charge on any atom is 0.340 e. The predicted molar refractivity (Wildman–Crippen MR) is 69.4 cm³/mol. The summed E-state index contributed by atoms with van der Waals surface area (Å²) in [5, 5.41) is 0. The van der Waals surface area contributed by atoms with Crippen molar-refractivity contribution >= 4 is 22.7 Å². The second-order valence-electron chi connectivity index (χ2n) is 4.04. The van der Waals surface area contributed by atoms with Crippen molar-refractivity contribution in [2.75, 3.05) is 12.3 Å². The van der Waals surface area contributed by atoms with Gasteiger partial charge in [0.1, 0.15) is 0 Å². The molecular formula is C13H15N3O2. The Balaban J connectivity index is 2.61. The summed E-state index contributed by atoms with van der Waals surface area (Å²) in [6.07, 6.45) is 0. The number of hydrogen-bond acceptors (Lipinski definition) is 5. The maximum absolute atomic E-state index is 11.7. The molecule has 1 aromatic heterocycles. The molecule has 94 valence electrons. The van der Waals surface area contributed by atoms with Crippen LogP contribution in [0.25, 0.3) is 11.0 Å². The molecule has 0 aliphatic rings. The highest BCUT2D eigenvalue weighted by atomic mass is 16.5. The SMILES string of the molecule is CCOC(=O)c1cc2nc(C)c(C)nc2cc1N. The van der Waals surface area contributed by atoms with Gasteiger partial charge in [-0.2, -0.15) is 0 Å². The van der Waals surface area contributed by atoms with Crippen LogP contribution in [0.2, 0.25) is 0 Å². The molecule has 5 heteroatoms. The second kappa shape index (κ2) is 4.60. The van der Waals surface area contributed by atoms with Gasteiger partial charge in [-0.15, -0.1) is 0 Å². The number of esters is 1. The smallest absolute Gasteiger partial charge is 0.340 e. The minimum Gasteiger partial charge on any atom is -0.462 e. The molecule has 2 rings (SSSR count). The van der Waals surface area contributed by atoms with Crippen LogP contribution in [0.15, 0.2) is 12.1 Å². The summed E-state index contributed by atoms with van der Waals surface area (Å²) in [6.45, 7) is 5.83. The van der Waals surface area contributed by atoms with Crippen LogP contribution in [-0.2, 0) is 4.74 Å². The largest absolute Gasteiger partial charge is 0.462 e. The van der Waals surface area contributed by atoms with Crippen molar-refractivity contribution in [3.63, 3.8) is 0 Å². The highest BCUT2D eigenvalue weighted by Crippen LogP contribution is 2.21. The highest BCUT2D eigenvalue weighted by Gasteiger charge is 2.13. The van der Waals surface area contributed by atoms with Crippen LogP contribution in [0.3, 0.4) is 0 Å². The number of aromatic nitrogens is 2. The van der Waals surface area contributed by atoms with Crippen LogP contribution in [0.5, 0.6) is 0 Å². The Labute approximate surface area is 105 Å². The van der Waals surface area contributed by atoms with Gasteiger partial charge in [0.05, 0.1) is 34.6 Å². The molecule has 0 saturated carbocycles. The van der Waals surface area contributed by atoms with Crippen molar-refractivity contribution in [2.24, 2.45) is 0 Å². The number of carbonyl (C=O) groups excluding carboxylic acids is 1. The number of hydrogen-bond donors (Lipinski definition) is 1. The Morgan fingerprint density at radius 1 is 1.22 bits per heavy atom. The van der Waals surface area contributed by atoms with Crippen LogP contribution in [0.4, 0.5) is 5.69 Å². The van der Waals surface area contributed by atoms with Crippen LogP contribution in [-0.4, -0.2) is 22.5 Å². The molecule has 0 aliphatic carbocycles. The normalized spacial score (nSPS) is 10.6. The van der Waals surface area contributed by atoms with Crippen molar-refractivity contribution in [1.29, 1.82) is 0 Å². The lowest BCUT2D eigenvalue weighted by Gasteiger charge is -2.08. The first-order chi connectivity index (χ1) is 8.52. The molecule has 0 radical (unpaired) electrons. The molecule has 1 aromatic carbocycles. The van der Waals surface area contributed by atoms with Gasteiger partial charge in [0.25, 0.3) is 0 Å². The van der Waals surface area contributed by atoms with E-state index < -0.39 is 5.97 Å². The zero-order valence-corrected chi connectivity index (χ0v) is 10.7. The third kappa shape index (κ3) is 2.11. The van der Waals surface area contributed by atoms with E-state index in [1.807, 2.05) is 13.8 Å². The van der Waals surface area contributed by atoms with Gasteiger partial charge in [-0.25, -0.2) is 14.8 Å². The first-order valence-electron chi connectivity index (χ1n) is 5.74. The fourth-order valence-corrected chi connectivity index (χ4v) is 1.68. The lowest BCUT2D eigenvalue weighted by atomic mass is 10.1. The van der Waals surface area contributed by atoms with E-state index in [4.69, 9.17) is 10.5 Å². The number of rotatable bonds is 2. The van der Waals surface area contributed by atoms with Crippen molar-refractivity contribution in [2.45, 2.75) is 20.8 Å². The molecule has 0 spiro atoms. The molecule has 0 bridgehead atoms. The van der Waals surface area contributed by atoms with Gasteiger partial charge in [-0.1, -0.05) is 0 Å². The van der Waals surface area contributed by atoms with Crippen LogP contribution >= 0.6 is 0 Å². The van der Waals surface area contributed by atoms with Gasteiger partial charge in [-0.05, 0) is 32.9 Å². The molecular weight excluding hydrogens is 230 g/mol. The number of fused-ring (bicyclic) bond motifs is 1. The number of nitrogens with two attached hydrogens (primary N) is 1. The predicted octanol–water partition coefficient (Wildman–Crippen LogP) is 2.01. The molecule has 0 unspecified atom stereocenters. The summed E-state index contributed by atoms with van der Waals surface area (Å²) >= 11 is 0. The molecule has 2 N–H and O–H groups in total. The van der Waals surface area contributed by atoms with E-state index in [2.05, 4.69) is 9.97 Å². The Morgan fingerprint density at radius 2 is 1.78 bits per heavy atom. The number of nitrogen functional groups attached to an aromatic ring is 1. The maximum atomic E-state index is 11.7. The number of carbonyl (C=O) groups is 1. The van der Waals surface area contributed by atoms with Crippen molar-refractivity contribution in [1.82, 2.24) is 9.97 Å². The fourth-order valence-electron chi connectivity index (χ4n) is 1.68. The second-order valence-corrected chi connectivity index (χ2v) is 4.04. The lowest BCUT2D eigenvalue weighted by molar-refractivity contribution is 0.0528. The Hall–Kier alpha value is -2.17. The van der Waals surface area contributed by atoms with E-state index in [1.54, 1.807) is 19.1 Å². The minimum absolute atomic E-state index is 0.314. The van der Waals surface area contributed by atoms with E-state index in [1.165, 1.54) is 0 Å². The fraction of sp³-hybridized carbons (Fsp3) is 0.308. The number of ether oxygens (including phenoxy) is 1. The zero-order valence-electron chi connectivity index (χ0n) is 10.7. The number of benzene rings is 1. The summed E-state index contributed by atoms with van der Waals surface area (Å²) in [6, 6.07) is 3.28. The average Bonchev–Trinajstić information content (AvgIpc) is 2.31. The van der Waals surface area contributed by atoms with Crippen molar-refractivity contribution < 1.29 is 9.53 Å². The number of aryl methyl sites for hydroxylation is 2. The standard InChI is InChI=1S/C13H15N3O2/c1-4-18-13(17)9-5-11-12(6-10(9)14)16-8(3)7(2)15-11/h5-6H,4,14H2,1-3H3. The molecule has 0 aliphatic heterocycles. The van der Waals surface area contributed by atoms with E-state index in [9.17, 15) is 4.79 Å². The Morgan fingerprint density at radius 3 is 2.33 bits per heavy atom. The molecule has 2 aromatic rings.